The van der Waals surface area contributed by atoms with Crippen LogP contribution in [0.5, 0.6) is 5.75 Å². The maximum Gasteiger partial charge on any atom is 0.260 e. The molecule has 1 N–H and O–H groups in total. The number of aryl methyl sites for hydroxylation is 1. The van der Waals surface area contributed by atoms with Gasteiger partial charge in [0.05, 0.1) is 0 Å². The second-order valence-corrected chi connectivity index (χ2v) is 7.58. The van der Waals surface area contributed by atoms with Gasteiger partial charge < -0.3 is 10.1 Å². The fourth-order valence-electron chi connectivity index (χ4n) is 3.89. The monoisotopic (exact) mass is 398 g/mol. The van der Waals surface area contributed by atoms with Crippen molar-refractivity contribution in [3.05, 3.63) is 70.8 Å². The Morgan fingerprint density at radius 2 is 1.97 bits per heavy atom. The van der Waals surface area contributed by atoms with Crippen molar-refractivity contribution >= 4 is 11.5 Å². The van der Waals surface area contributed by atoms with E-state index in [1.807, 2.05) is 19.1 Å². The average molecular weight is 398 g/mol. The number of halogens is 2. The standard InChI is InChI=1S/C23H24F2N2O2/c1-15-4-9-19(25)21-22(15)29-20(26-23(21)28)3-2-12-27-13-10-17(11-14-27)16-5-7-18(24)8-6-16/h4-10,20H,2-3,11-14H2,1H3,(H,26,28)/t20-/m0/s1. The van der Waals surface area contributed by atoms with Crippen LogP contribution in [0.2, 0.25) is 0 Å². The third kappa shape index (κ3) is 4.32. The molecule has 0 aliphatic carbocycles. The Hall–Kier alpha value is -2.73. The van der Waals surface area contributed by atoms with Crippen LogP contribution in [0.15, 0.2) is 42.5 Å². The molecule has 6 heteroatoms. The first-order valence-corrected chi connectivity index (χ1v) is 9.95. The fourth-order valence-corrected chi connectivity index (χ4v) is 3.89. The van der Waals surface area contributed by atoms with Crippen LogP contribution in [-0.2, 0) is 0 Å². The highest BCUT2D eigenvalue weighted by Crippen LogP contribution is 2.30. The lowest BCUT2D eigenvalue weighted by Crippen LogP contribution is -2.44. The molecule has 0 saturated carbocycles. The van der Waals surface area contributed by atoms with Crippen LogP contribution in [-0.4, -0.2) is 36.7 Å². The molecular weight excluding hydrogens is 374 g/mol. The molecule has 0 bridgehead atoms. The lowest BCUT2D eigenvalue weighted by atomic mass is 9.99. The zero-order valence-electron chi connectivity index (χ0n) is 16.4. The summed E-state index contributed by atoms with van der Waals surface area (Å²) in [5.41, 5.74) is 3.08. The number of carbonyl (C=O) groups is 1. The summed E-state index contributed by atoms with van der Waals surface area (Å²) in [6, 6.07) is 9.55. The Morgan fingerprint density at radius 1 is 1.17 bits per heavy atom. The largest absolute Gasteiger partial charge is 0.469 e. The normalized spacial score (nSPS) is 19.2. The summed E-state index contributed by atoms with van der Waals surface area (Å²) >= 11 is 0. The minimum atomic E-state index is -0.557. The van der Waals surface area contributed by atoms with Crippen molar-refractivity contribution in [2.24, 2.45) is 0 Å². The Labute approximate surface area is 169 Å². The number of ether oxygens (including phenoxy) is 1. The van der Waals surface area contributed by atoms with E-state index in [0.29, 0.717) is 12.2 Å². The lowest BCUT2D eigenvalue weighted by Gasteiger charge is -2.30. The molecule has 0 saturated heterocycles. The lowest BCUT2D eigenvalue weighted by molar-refractivity contribution is 0.0718. The van der Waals surface area contributed by atoms with Gasteiger partial charge in [-0.25, -0.2) is 8.78 Å². The van der Waals surface area contributed by atoms with Crippen molar-refractivity contribution in [1.82, 2.24) is 10.2 Å². The highest BCUT2D eigenvalue weighted by Gasteiger charge is 2.29. The molecule has 2 aromatic rings. The van der Waals surface area contributed by atoms with Gasteiger partial charge in [-0.3, -0.25) is 9.69 Å². The molecule has 2 aliphatic rings. The van der Waals surface area contributed by atoms with Crippen LogP contribution in [0, 0.1) is 18.6 Å². The topological polar surface area (TPSA) is 41.6 Å². The van der Waals surface area contributed by atoms with E-state index in [1.54, 1.807) is 6.07 Å². The molecule has 152 valence electrons. The molecule has 0 radical (unpaired) electrons. The third-order valence-electron chi connectivity index (χ3n) is 5.53. The molecule has 0 fully saturated rings. The number of hydrogen-bond donors (Lipinski definition) is 1. The molecule has 4 nitrogen and oxygen atoms in total. The Balaban J connectivity index is 1.29. The summed E-state index contributed by atoms with van der Waals surface area (Å²) in [5.74, 6) is -0.839. The number of carbonyl (C=O) groups excluding carboxylic acids is 1. The summed E-state index contributed by atoms with van der Waals surface area (Å²) in [6.45, 7) is 4.48. The zero-order valence-corrected chi connectivity index (χ0v) is 16.4. The number of benzene rings is 2. The molecule has 0 aromatic heterocycles. The van der Waals surface area contributed by atoms with E-state index in [0.717, 1.165) is 43.6 Å². The van der Waals surface area contributed by atoms with Gasteiger partial charge in [-0.1, -0.05) is 24.3 Å². The number of nitrogens with zero attached hydrogens (tertiary/aromatic N) is 1. The smallest absolute Gasteiger partial charge is 0.260 e. The van der Waals surface area contributed by atoms with E-state index in [4.69, 9.17) is 4.74 Å². The van der Waals surface area contributed by atoms with E-state index in [1.165, 1.54) is 23.8 Å². The van der Waals surface area contributed by atoms with Crippen molar-refractivity contribution in [2.75, 3.05) is 19.6 Å². The summed E-state index contributed by atoms with van der Waals surface area (Å²) in [6.07, 6.45) is 4.19. The number of amides is 1. The number of rotatable bonds is 5. The van der Waals surface area contributed by atoms with Crippen LogP contribution in [0.1, 0.15) is 40.7 Å². The maximum absolute atomic E-state index is 13.9. The molecule has 2 aliphatic heterocycles. The second kappa shape index (κ2) is 8.33. The quantitative estimate of drug-likeness (QED) is 0.817. The molecule has 1 amide bonds. The van der Waals surface area contributed by atoms with Gasteiger partial charge in [-0.05, 0) is 61.2 Å². The summed E-state index contributed by atoms with van der Waals surface area (Å²) in [5, 5.41) is 2.75. The van der Waals surface area contributed by atoms with Crippen LogP contribution in [0.4, 0.5) is 8.78 Å². The highest BCUT2D eigenvalue weighted by atomic mass is 19.1. The molecule has 29 heavy (non-hydrogen) atoms. The van der Waals surface area contributed by atoms with E-state index in [2.05, 4.69) is 16.3 Å². The van der Waals surface area contributed by atoms with Crippen LogP contribution < -0.4 is 10.1 Å². The van der Waals surface area contributed by atoms with Gasteiger partial charge in [0.15, 0.2) is 6.23 Å². The second-order valence-electron chi connectivity index (χ2n) is 7.58. The van der Waals surface area contributed by atoms with Gasteiger partial charge in [0.25, 0.3) is 5.91 Å². The maximum atomic E-state index is 13.9. The molecule has 2 aromatic carbocycles. The van der Waals surface area contributed by atoms with Gasteiger partial charge >= 0.3 is 0 Å². The summed E-state index contributed by atoms with van der Waals surface area (Å²) in [4.78, 5) is 14.6. The fraction of sp³-hybridized carbons (Fsp3) is 0.348. The molecular formula is C23H24F2N2O2. The van der Waals surface area contributed by atoms with Crippen LogP contribution >= 0.6 is 0 Å². The third-order valence-corrected chi connectivity index (χ3v) is 5.53. The average Bonchev–Trinajstić information content (AvgIpc) is 2.72. The predicted octanol–water partition coefficient (Wildman–Crippen LogP) is 4.29. The SMILES string of the molecule is Cc1ccc(F)c2c1O[C@@H](CCCN1CC=C(c3ccc(F)cc3)CC1)NC2=O. The number of fused-ring (bicyclic) bond motifs is 1. The molecule has 2 heterocycles. The van der Waals surface area contributed by atoms with Crippen molar-refractivity contribution in [1.29, 1.82) is 0 Å². The summed E-state index contributed by atoms with van der Waals surface area (Å²) in [7, 11) is 0. The number of hydrogen-bond acceptors (Lipinski definition) is 3. The molecule has 0 unspecified atom stereocenters. The zero-order chi connectivity index (χ0) is 20.4. The van der Waals surface area contributed by atoms with Gasteiger partial charge in [0, 0.05) is 19.5 Å². The van der Waals surface area contributed by atoms with Crippen molar-refractivity contribution in [3.63, 3.8) is 0 Å². The number of nitrogens with one attached hydrogen (secondary N) is 1. The molecule has 1 atom stereocenters. The van der Waals surface area contributed by atoms with Crippen molar-refractivity contribution in [2.45, 2.75) is 32.4 Å². The first-order chi connectivity index (χ1) is 14.0. The van der Waals surface area contributed by atoms with Gasteiger partial charge in [0.2, 0.25) is 0 Å². The first-order valence-electron chi connectivity index (χ1n) is 9.95. The van der Waals surface area contributed by atoms with Gasteiger partial charge in [0.1, 0.15) is 22.9 Å². The van der Waals surface area contributed by atoms with E-state index < -0.39 is 18.0 Å². The van der Waals surface area contributed by atoms with E-state index >= 15 is 0 Å². The Bertz CT molecular complexity index is 941. The van der Waals surface area contributed by atoms with Crippen molar-refractivity contribution < 1.29 is 18.3 Å². The molecule has 0 spiro atoms. The van der Waals surface area contributed by atoms with Gasteiger partial charge in [-0.15, -0.1) is 0 Å². The van der Waals surface area contributed by atoms with Crippen LogP contribution in [0.3, 0.4) is 0 Å². The summed E-state index contributed by atoms with van der Waals surface area (Å²) < 4.78 is 32.9. The van der Waals surface area contributed by atoms with Gasteiger partial charge in [-0.2, -0.15) is 0 Å². The Kier molecular flexibility index (Phi) is 5.62. The minimum Gasteiger partial charge on any atom is -0.469 e. The minimum absolute atomic E-state index is 0.00394. The predicted molar refractivity (Wildman–Crippen MR) is 108 cm³/mol. The molecule has 4 rings (SSSR count). The van der Waals surface area contributed by atoms with E-state index in [9.17, 15) is 13.6 Å². The highest BCUT2D eigenvalue weighted by molar-refractivity contribution is 5.98. The Morgan fingerprint density at radius 3 is 2.69 bits per heavy atom. The van der Waals surface area contributed by atoms with Crippen molar-refractivity contribution in [3.8, 4) is 5.75 Å². The van der Waals surface area contributed by atoms with E-state index in [-0.39, 0.29) is 11.4 Å². The first kappa shape index (κ1) is 19.6. The van der Waals surface area contributed by atoms with Crippen LogP contribution in [0.25, 0.3) is 5.57 Å².